The molecule has 0 radical (unpaired) electrons. The minimum absolute atomic E-state index is 0.0382. The topological polar surface area (TPSA) is 83.9 Å². The number of carboxylic acids is 1. The predicted octanol–water partition coefficient (Wildman–Crippen LogP) is 1.46. The lowest BCUT2D eigenvalue weighted by Gasteiger charge is -2.23. The summed E-state index contributed by atoms with van der Waals surface area (Å²) in [5.74, 6) is -1.21. The standard InChI is InChI=1S/C14H25NO5S/c1-11(9-20-12-5-2-3-6-12)10-21(18,19)15-8-4-7-13(15)14(16)17/h11-13H,2-10H2,1H3,(H,16,17)/t11?,13-/m1/s1. The second-order valence-electron chi connectivity index (χ2n) is 6.23. The summed E-state index contributed by atoms with van der Waals surface area (Å²) >= 11 is 0. The Morgan fingerprint density at radius 2 is 1.95 bits per heavy atom. The van der Waals surface area contributed by atoms with Gasteiger partial charge in [-0.05, 0) is 31.6 Å². The molecule has 0 spiro atoms. The van der Waals surface area contributed by atoms with E-state index in [1.54, 1.807) is 0 Å². The SMILES string of the molecule is CC(COC1CCCC1)CS(=O)(=O)N1CCC[C@@H]1C(=O)O. The molecule has 2 fully saturated rings. The van der Waals surface area contributed by atoms with Crippen LogP contribution in [0.25, 0.3) is 0 Å². The van der Waals surface area contributed by atoms with Crippen molar-refractivity contribution in [2.75, 3.05) is 18.9 Å². The van der Waals surface area contributed by atoms with Crippen LogP contribution >= 0.6 is 0 Å². The summed E-state index contributed by atoms with van der Waals surface area (Å²) in [6.45, 7) is 2.59. The maximum atomic E-state index is 12.4. The van der Waals surface area contributed by atoms with Gasteiger partial charge in [-0.2, -0.15) is 4.31 Å². The first-order valence-electron chi connectivity index (χ1n) is 7.74. The lowest BCUT2D eigenvalue weighted by molar-refractivity contribution is -0.140. The molecule has 0 aromatic heterocycles. The van der Waals surface area contributed by atoms with Crippen LogP contribution < -0.4 is 0 Å². The molecule has 1 saturated heterocycles. The van der Waals surface area contributed by atoms with E-state index in [1.807, 2.05) is 6.92 Å². The van der Waals surface area contributed by atoms with E-state index in [9.17, 15) is 13.2 Å². The number of carbonyl (C=O) groups is 1. The lowest BCUT2D eigenvalue weighted by Crippen LogP contribution is -2.42. The quantitative estimate of drug-likeness (QED) is 0.768. The molecule has 1 N–H and O–H groups in total. The van der Waals surface area contributed by atoms with Crippen LogP contribution in [0.2, 0.25) is 0 Å². The molecule has 0 bridgehead atoms. The zero-order valence-corrected chi connectivity index (χ0v) is 13.3. The van der Waals surface area contributed by atoms with Crippen LogP contribution in [0.15, 0.2) is 0 Å². The summed E-state index contributed by atoms with van der Waals surface area (Å²) in [6, 6.07) is -0.891. The van der Waals surface area contributed by atoms with Gasteiger partial charge in [0.25, 0.3) is 0 Å². The van der Waals surface area contributed by atoms with Crippen LogP contribution in [0.1, 0.15) is 45.4 Å². The fourth-order valence-electron chi connectivity index (χ4n) is 3.18. The Balaban J connectivity index is 1.85. The summed E-state index contributed by atoms with van der Waals surface area (Å²) < 4.78 is 31.6. The number of nitrogens with zero attached hydrogens (tertiary/aromatic N) is 1. The van der Waals surface area contributed by atoms with Gasteiger partial charge in [-0.25, -0.2) is 8.42 Å². The Hall–Kier alpha value is -0.660. The number of sulfonamides is 1. The molecule has 1 aliphatic heterocycles. The second kappa shape index (κ2) is 7.07. The first kappa shape index (κ1) is 16.7. The van der Waals surface area contributed by atoms with E-state index < -0.39 is 22.0 Å². The van der Waals surface area contributed by atoms with Gasteiger partial charge < -0.3 is 9.84 Å². The number of hydrogen-bond acceptors (Lipinski definition) is 4. The van der Waals surface area contributed by atoms with Gasteiger partial charge in [0.15, 0.2) is 0 Å². The molecular weight excluding hydrogens is 294 g/mol. The Kier molecular flexibility index (Phi) is 5.62. The Morgan fingerprint density at radius 3 is 2.57 bits per heavy atom. The van der Waals surface area contributed by atoms with Crippen LogP contribution in [-0.2, 0) is 19.6 Å². The highest BCUT2D eigenvalue weighted by Crippen LogP contribution is 2.24. The van der Waals surface area contributed by atoms with Crippen molar-refractivity contribution >= 4 is 16.0 Å². The van der Waals surface area contributed by atoms with Gasteiger partial charge in [-0.3, -0.25) is 4.79 Å². The Morgan fingerprint density at radius 1 is 1.29 bits per heavy atom. The normalized spacial score (nSPS) is 26.2. The third-order valence-electron chi connectivity index (χ3n) is 4.26. The maximum Gasteiger partial charge on any atom is 0.322 e. The Bertz CT molecular complexity index is 458. The molecule has 1 saturated carbocycles. The van der Waals surface area contributed by atoms with Gasteiger partial charge in [-0.1, -0.05) is 19.8 Å². The van der Waals surface area contributed by atoms with Crippen LogP contribution in [0.5, 0.6) is 0 Å². The summed E-state index contributed by atoms with van der Waals surface area (Å²) in [7, 11) is -3.53. The number of hydrogen-bond donors (Lipinski definition) is 1. The highest BCUT2D eigenvalue weighted by Gasteiger charge is 2.39. The molecule has 6 nitrogen and oxygen atoms in total. The fourth-order valence-corrected chi connectivity index (χ4v) is 5.18. The second-order valence-corrected chi connectivity index (χ2v) is 8.20. The largest absolute Gasteiger partial charge is 0.480 e. The van der Waals surface area contributed by atoms with Crippen molar-refractivity contribution in [3.05, 3.63) is 0 Å². The fraction of sp³-hybridized carbons (Fsp3) is 0.929. The maximum absolute atomic E-state index is 12.4. The molecule has 0 amide bonds. The van der Waals surface area contributed by atoms with Gasteiger partial charge in [0.2, 0.25) is 10.0 Å². The van der Waals surface area contributed by atoms with E-state index in [0.29, 0.717) is 26.0 Å². The van der Waals surface area contributed by atoms with Crippen molar-refractivity contribution in [1.29, 1.82) is 0 Å². The van der Waals surface area contributed by atoms with Gasteiger partial charge >= 0.3 is 5.97 Å². The number of rotatable bonds is 7. The molecular formula is C14H25NO5S. The Labute approximate surface area is 126 Å². The lowest BCUT2D eigenvalue weighted by atomic mass is 10.2. The van der Waals surface area contributed by atoms with E-state index in [0.717, 1.165) is 17.1 Å². The molecule has 2 atom stereocenters. The van der Waals surface area contributed by atoms with E-state index >= 15 is 0 Å². The van der Waals surface area contributed by atoms with Crippen LogP contribution in [-0.4, -0.2) is 54.8 Å². The first-order valence-corrected chi connectivity index (χ1v) is 9.35. The summed E-state index contributed by atoms with van der Waals surface area (Å²) in [5.41, 5.74) is 0. The minimum atomic E-state index is -3.53. The van der Waals surface area contributed by atoms with E-state index in [-0.39, 0.29) is 17.8 Å². The third kappa shape index (κ3) is 4.40. The van der Waals surface area contributed by atoms with Crippen molar-refractivity contribution in [2.24, 2.45) is 5.92 Å². The molecule has 122 valence electrons. The molecule has 1 heterocycles. The number of aliphatic carboxylic acids is 1. The van der Waals surface area contributed by atoms with E-state index in [2.05, 4.69) is 0 Å². The van der Waals surface area contributed by atoms with E-state index in [4.69, 9.17) is 9.84 Å². The van der Waals surface area contributed by atoms with Gasteiger partial charge in [0.05, 0.1) is 18.5 Å². The highest BCUT2D eigenvalue weighted by molar-refractivity contribution is 7.89. The molecule has 7 heteroatoms. The molecule has 0 aromatic carbocycles. The number of ether oxygens (including phenoxy) is 1. The van der Waals surface area contributed by atoms with Crippen molar-refractivity contribution in [2.45, 2.75) is 57.6 Å². The van der Waals surface area contributed by atoms with Crippen molar-refractivity contribution < 1.29 is 23.1 Å². The molecule has 2 rings (SSSR count). The van der Waals surface area contributed by atoms with Gasteiger partial charge in [0.1, 0.15) is 6.04 Å². The average Bonchev–Trinajstić information content (AvgIpc) is 3.07. The van der Waals surface area contributed by atoms with Gasteiger partial charge in [0, 0.05) is 6.54 Å². The van der Waals surface area contributed by atoms with Crippen LogP contribution in [0, 0.1) is 5.92 Å². The first-order chi connectivity index (χ1) is 9.90. The molecule has 21 heavy (non-hydrogen) atoms. The number of carboxylic acid groups (broad SMARTS) is 1. The zero-order valence-electron chi connectivity index (χ0n) is 12.5. The summed E-state index contributed by atoms with van der Waals surface area (Å²) in [5, 5.41) is 9.10. The summed E-state index contributed by atoms with van der Waals surface area (Å²) in [6.07, 6.45) is 5.79. The van der Waals surface area contributed by atoms with E-state index in [1.165, 1.54) is 12.8 Å². The van der Waals surface area contributed by atoms with Crippen molar-refractivity contribution in [1.82, 2.24) is 4.31 Å². The molecule has 2 aliphatic rings. The summed E-state index contributed by atoms with van der Waals surface area (Å²) in [4.78, 5) is 11.1. The molecule has 0 aromatic rings. The zero-order chi connectivity index (χ0) is 15.5. The van der Waals surface area contributed by atoms with Gasteiger partial charge in [-0.15, -0.1) is 0 Å². The van der Waals surface area contributed by atoms with Crippen molar-refractivity contribution in [3.63, 3.8) is 0 Å². The van der Waals surface area contributed by atoms with Crippen molar-refractivity contribution in [3.8, 4) is 0 Å². The average molecular weight is 319 g/mol. The van der Waals surface area contributed by atoms with Crippen LogP contribution in [0.3, 0.4) is 0 Å². The third-order valence-corrected chi connectivity index (χ3v) is 6.40. The molecule has 1 unspecified atom stereocenters. The highest BCUT2D eigenvalue weighted by atomic mass is 32.2. The monoisotopic (exact) mass is 319 g/mol. The van der Waals surface area contributed by atoms with Crippen LogP contribution in [0.4, 0.5) is 0 Å². The molecule has 1 aliphatic carbocycles. The smallest absolute Gasteiger partial charge is 0.322 e. The minimum Gasteiger partial charge on any atom is -0.480 e. The predicted molar refractivity (Wildman–Crippen MR) is 78.5 cm³/mol.